The predicted molar refractivity (Wildman–Crippen MR) is 162 cm³/mol. The summed E-state index contributed by atoms with van der Waals surface area (Å²) in [6.45, 7) is 10.5. The molecular formula is C30H41N3O10S. The van der Waals surface area contributed by atoms with Crippen molar-refractivity contribution in [2.75, 3.05) is 26.3 Å². The highest BCUT2D eigenvalue weighted by Crippen LogP contribution is 2.21. The second-order valence-electron chi connectivity index (χ2n) is 11.5. The maximum absolute atomic E-state index is 13.0. The van der Waals surface area contributed by atoms with Crippen LogP contribution in [-0.4, -0.2) is 76.6 Å². The van der Waals surface area contributed by atoms with Crippen molar-refractivity contribution in [2.24, 2.45) is 5.92 Å². The van der Waals surface area contributed by atoms with Gasteiger partial charge in [0.1, 0.15) is 23.6 Å². The molecule has 1 aliphatic rings. The molecular weight excluding hydrogens is 594 g/mol. The topological polar surface area (TPSA) is 156 Å². The fourth-order valence-corrected chi connectivity index (χ4v) is 4.28. The third-order valence-electron chi connectivity index (χ3n) is 6.08. The number of amides is 1. The minimum absolute atomic E-state index is 0.0404. The molecule has 0 spiro atoms. The second-order valence-corrected chi connectivity index (χ2v) is 11.5. The summed E-state index contributed by atoms with van der Waals surface area (Å²) in [5, 5.41) is 15.6. The Morgan fingerprint density at radius 3 is 2.30 bits per heavy atom. The van der Waals surface area contributed by atoms with Crippen molar-refractivity contribution in [1.82, 2.24) is 10.4 Å². The lowest BCUT2D eigenvalue weighted by atomic mass is 10.0. The predicted octanol–water partition coefficient (Wildman–Crippen LogP) is 4.96. The zero-order valence-electron chi connectivity index (χ0n) is 25.6. The molecule has 2 aromatic carbocycles. The zero-order valence-corrected chi connectivity index (χ0v) is 26.4. The van der Waals surface area contributed by atoms with Gasteiger partial charge in [0.05, 0.1) is 30.7 Å². The van der Waals surface area contributed by atoms with Crippen LogP contribution in [0.15, 0.2) is 54.6 Å². The van der Waals surface area contributed by atoms with Crippen molar-refractivity contribution >= 4 is 30.5 Å². The molecule has 3 rings (SSSR count). The Bertz CT molecular complexity index is 1170. The maximum atomic E-state index is 13.0. The van der Waals surface area contributed by atoms with Crippen LogP contribution in [0.3, 0.4) is 0 Å². The van der Waals surface area contributed by atoms with Gasteiger partial charge >= 0.3 is 12.2 Å². The van der Waals surface area contributed by atoms with Gasteiger partial charge in [0, 0.05) is 25.1 Å². The Morgan fingerprint density at radius 1 is 1.09 bits per heavy atom. The number of nitro benzene ring substituents is 1. The summed E-state index contributed by atoms with van der Waals surface area (Å²) in [5.74, 6) is 0.503. The second kappa shape index (κ2) is 18.0. The fourth-order valence-electron chi connectivity index (χ4n) is 4.28. The average molecular weight is 636 g/mol. The van der Waals surface area contributed by atoms with E-state index in [1.54, 1.807) is 25.8 Å². The number of nitrogens with one attached hydrogen (secondary N) is 1. The van der Waals surface area contributed by atoms with Crippen molar-refractivity contribution in [3.63, 3.8) is 0 Å². The number of ether oxygens (including phenoxy) is 4. The standard InChI is InChI=1S/C30H41N3O9.OS/c1-21(2)18-32(42-24-13-11-23(12-14-24)33(36)37)19-27(40-29(35)39-25-15-16-38-20-25)26(17-22-9-7-6-8-10-22)31-28(34)41-30(3,4)5;1-2/h6-14,21,25-27H,15-20H2,1-5H3,(H,31,34);/t25-,26-,27+;/m0./s1. The van der Waals surface area contributed by atoms with Gasteiger partial charge in [-0.2, -0.15) is 4.21 Å². The first-order valence-corrected chi connectivity index (χ1v) is 14.5. The van der Waals surface area contributed by atoms with E-state index in [-0.39, 0.29) is 24.8 Å². The SMILES string of the molecule is CC(C)CN(C[C@@H](OC(=O)O[C@H]1CCOC1)[C@H](Cc1ccccc1)NC(=O)OC(C)(C)C)Oc1ccc([N+](=O)[O-])cc1.O=S. The first kappa shape index (κ1) is 36.3. The molecule has 13 nitrogen and oxygen atoms in total. The summed E-state index contributed by atoms with van der Waals surface area (Å²) in [5.41, 5.74) is 0.0838. The number of nitrogens with zero attached hydrogens (tertiary/aromatic N) is 2. The summed E-state index contributed by atoms with van der Waals surface area (Å²) < 4.78 is 30.0. The van der Waals surface area contributed by atoms with Crippen LogP contribution in [0, 0.1) is 16.0 Å². The summed E-state index contributed by atoms with van der Waals surface area (Å²) in [7, 11) is 0. The van der Waals surface area contributed by atoms with E-state index in [9.17, 15) is 19.7 Å². The molecule has 1 amide bonds. The van der Waals surface area contributed by atoms with Crippen molar-refractivity contribution in [3.8, 4) is 5.75 Å². The summed E-state index contributed by atoms with van der Waals surface area (Å²) in [6, 6.07) is 14.4. The number of hydrogen-bond donors (Lipinski definition) is 1. The van der Waals surface area contributed by atoms with Crippen LogP contribution in [0.5, 0.6) is 5.75 Å². The molecule has 0 bridgehead atoms. The number of alkyl carbamates (subject to hydrolysis) is 1. The van der Waals surface area contributed by atoms with E-state index in [0.29, 0.717) is 31.7 Å². The van der Waals surface area contributed by atoms with Crippen molar-refractivity contribution in [2.45, 2.75) is 71.3 Å². The van der Waals surface area contributed by atoms with Crippen LogP contribution in [-0.2, 0) is 37.9 Å². The fraction of sp³-hybridized carbons (Fsp3) is 0.533. The molecule has 44 heavy (non-hydrogen) atoms. The van der Waals surface area contributed by atoms with E-state index in [1.807, 2.05) is 44.2 Å². The minimum atomic E-state index is -0.940. The van der Waals surface area contributed by atoms with Crippen LogP contribution in [0.4, 0.5) is 15.3 Å². The molecule has 242 valence electrons. The molecule has 1 fully saturated rings. The van der Waals surface area contributed by atoms with E-state index in [4.69, 9.17) is 28.0 Å². The normalized spacial score (nSPS) is 15.8. The minimum Gasteiger partial charge on any atom is -0.444 e. The molecule has 0 saturated carbocycles. The summed E-state index contributed by atoms with van der Waals surface area (Å²) >= 11 is 2.83. The molecule has 3 atom stereocenters. The Labute approximate surface area is 262 Å². The lowest BCUT2D eigenvalue weighted by molar-refractivity contribution is -0.384. The van der Waals surface area contributed by atoms with Gasteiger partial charge in [-0.1, -0.05) is 44.2 Å². The molecule has 1 saturated heterocycles. The van der Waals surface area contributed by atoms with Gasteiger partial charge in [-0.25, -0.2) is 9.59 Å². The Morgan fingerprint density at radius 2 is 1.75 bits per heavy atom. The molecule has 0 radical (unpaired) electrons. The monoisotopic (exact) mass is 635 g/mol. The quantitative estimate of drug-likeness (QED) is 0.180. The zero-order chi connectivity index (χ0) is 32.7. The number of carbonyl (C=O) groups is 2. The first-order chi connectivity index (χ1) is 20.9. The van der Waals surface area contributed by atoms with E-state index in [1.165, 1.54) is 24.3 Å². The van der Waals surface area contributed by atoms with Gasteiger partial charge in [-0.3, -0.25) is 10.1 Å². The molecule has 1 heterocycles. The number of benzene rings is 2. The molecule has 2 aromatic rings. The number of rotatable bonds is 13. The molecule has 1 N–H and O–H groups in total. The van der Waals surface area contributed by atoms with Gasteiger partial charge in [-0.05, 0) is 50.8 Å². The highest BCUT2D eigenvalue weighted by Gasteiger charge is 2.33. The smallest absolute Gasteiger partial charge is 0.444 e. The van der Waals surface area contributed by atoms with Crippen LogP contribution in [0.1, 0.15) is 46.6 Å². The number of hydroxylamine groups is 2. The van der Waals surface area contributed by atoms with Crippen molar-refractivity contribution in [3.05, 3.63) is 70.3 Å². The lowest BCUT2D eigenvalue weighted by Gasteiger charge is -2.33. The van der Waals surface area contributed by atoms with Crippen LogP contribution in [0.25, 0.3) is 0 Å². The Kier molecular flexibility index (Phi) is 14.9. The van der Waals surface area contributed by atoms with Crippen molar-refractivity contribution in [1.29, 1.82) is 0 Å². The molecule has 1 aliphatic heterocycles. The molecule has 0 aromatic heterocycles. The van der Waals surface area contributed by atoms with Crippen LogP contribution in [0.2, 0.25) is 0 Å². The third kappa shape index (κ3) is 13.6. The van der Waals surface area contributed by atoms with E-state index in [0.717, 1.165) is 5.56 Å². The molecule has 0 unspecified atom stereocenters. The van der Waals surface area contributed by atoms with Gasteiger partial charge in [0.25, 0.3) is 5.69 Å². The molecule has 0 aliphatic carbocycles. The highest BCUT2D eigenvalue weighted by molar-refractivity contribution is 7.44. The van der Waals surface area contributed by atoms with Crippen molar-refractivity contribution < 1.29 is 42.5 Å². The van der Waals surface area contributed by atoms with Gasteiger partial charge < -0.3 is 29.1 Å². The van der Waals surface area contributed by atoms with Crippen LogP contribution >= 0.6 is 0 Å². The largest absolute Gasteiger partial charge is 0.509 e. The third-order valence-corrected chi connectivity index (χ3v) is 6.08. The highest BCUT2D eigenvalue weighted by atomic mass is 32.1. The van der Waals surface area contributed by atoms with Gasteiger partial charge in [0.2, 0.25) is 0 Å². The molecule has 14 heteroatoms. The Balaban J connectivity index is 0.00000330. The number of hydrogen-bond acceptors (Lipinski definition) is 12. The number of nitro groups is 1. The van der Waals surface area contributed by atoms with Gasteiger partial charge in [0.15, 0.2) is 12.5 Å². The van der Waals surface area contributed by atoms with E-state index < -0.39 is 41.0 Å². The van der Waals surface area contributed by atoms with E-state index >= 15 is 0 Å². The number of non-ortho nitro benzene ring substituents is 1. The average Bonchev–Trinajstić information content (AvgIpc) is 3.46. The van der Waals surface area contributed by atoms with E-state index in [2.05, 4.69) is 17.9 Å². The summed E-state index contributed by atoms with van der Waals surface area (Å²) in [6.07, 6.45) is -2.04. The first-order valence-electron chi connectivity index (χ1n) is 14.2. The lowest BCUT2D eigenvalue weighted by Crippen LogP contribution is -2.53. The van der Waals surface area contributed by atoms with Gasteiger partial charge in [-0.15, -0.1) is 5.06 Å². The number of carbonyl (C=O) groups excluding carboxylic acids is 2. The summed E-state index contributed by atoms with van der Waals surface area (Å²) in [4.78, 5) is 42.6. The van der Waals surface area contributed by atoms with Crippen LogP contribution < -0.4 is 10.2 Å². The Hall–Kier alpha value is -3.88. The maximum Gasteiger partial charge on any atom is 0.509 e.